The molecule has 1 aromatic carbocycles. The molecule has 17 heavy (non-hydrogen) atoms. The number of halogens is 1. The lowest BCUT2D eigenvalue weighted by molar-refractivity contribution is -0.893. The molecule has 0 atom stereocenters. The molecule has 0 aromatic heterocycles. The second-order valence-corrected chi connectivity index (χ2v) is 4.84. The Hall–Kier alpha value is -0.380. The van der Waals surface area contributed by atoms with Crippen LogP contribution in [0.25, 0.3) is 0 Å². The molecule has 0 heterocycles. The second-order valence-electron chi connectivity index (χ2n) is 3.71. The van der Waals surface area contributed by atoms with Crippen LogP contribution in [0.1, 0.15) is 13.8 Å². The number of methoxy groups -OCH3 is 1. The molecule has 98 valence electrons. The molecule has 0 aliphatic carbocycles. The Morgan fingerprint density at radius 2 is 1.82 bits per heavy atom. The summed E-state index contributed by atoms with van der Waals surface area (Å²) in [7, 11) is 1.73. The lowest BCUT2D eigenvalue weighted by Crippen LogP contribution is -3.11. The number of nitrogens with one attached hydrogen (secondary N) is 1. The van der Waals surface area contributed by atoms with Gasteiger partial charge in [0.2, 0.25) is 0 Å². The van der Waals surface area contributed by atoms with Crippen molar-refractivity contribution in [3.05, 3.63) is 24.3 Å². The number of thioether (sulfide) groups is 1. The average Bonchev–Trinajstić information content (AvgIpc) is 2.35. The molecule has 0 unspecified atom stereocenters. The minimum atomic E-state index is 0. The van der Waals surface area contributed by atoms with Crippen LogP contribution in [-0.4, -0.2) is 32.5 Å². The van der Waals surface area contributed by atoms with Crippen LogP contribution in [0, 0.1) is 0 Å². The third-order valence-corrected chi connectivity index (χ3v) is 3.84. The van der Waals surface area contributed by atoms with Gasteiger partial charge in [0.1, 0.15) is 5.75 Å². The fourth-order valence-electron chi connectivity index (χ4n) is 1.65. The van der Waals surface area contributed by atoms with Crippen molar-refractivity contribution < 1.29 is 22.0 Å². The van der Waals surface area contributed by atoms with E-state index in [2.05, 4.69) is 26.0 Å². The number of hydrogen-bond donors (Lipinski definition) is 1. The molecule has 0 bridgehead atoms. The monoisotopic (exact) mass is 275 g/mol. The first-order valence-corrected chi connectivity index (χ1v) is 6.89. The van der Waals surface area contributed by atoms with Gasteiger partial charge in [-0.1, -0.05) is 12.1 Å². The molecular weight excluding hydrogens is 254 g/mol. The van der Waals surface area contributed by atoms with Crippen molar-refractivity contribution in [2.24, 2.45) is 0 Å². The first kappa shape index (κ1) is 16.6. The number of quaternary nitrogens is 1. The van der Waals surface area contributed by atoms with Crippen molar-refractivity contribution in [2.45, 2.75) is 18.7 Å². The molecule has 0 radical (unpaired) electrons. The Morgan fingerprint density at radius 3 is 2.41 bits per heavy atom. The minimum Gasteiger partial charge on any atom is -1.00 e. The van der Waals surface area contributed by atoms with Crippen molar-refractivity contribution in [2.75, 3.05) is 32.5 Å². The van der Waals surface area contributed by atoms with E-state index in [0.717, 1.165) is 11.5 Å². The highest BCUT2D eigenvalue weighted by molar-refractivity contribution is 7.99. The summed E-state index contributed by atoms with van der Waals surface area (Å²) >= 11 is 1.88. The fraction of sp³-hybridized carbons (Fsp3) is 0.538. The van der Waals surface area contributed by atoms with Crippen LogP contribution in [0.15, 0.2) is 29.2 Å². The normalized spacial score (nSPS) is 10.1. The maximum atomic E-state index is 5.33. The summed E-state index contributed by atoms with van der Waals surface area (Å²) < 4.78 is 5.33. The zero-order valence-corrected chi connectivity index (χ0v) is 12.4. The summed E-state index contributed by atoms with van der Waals surface area (Å²) in [6, 6.07) is 8.22. The molecule has 1 N–H and O–H groups in total. The van der Waals surface area contributed by atoms with Gasteiger partial charge in [0.15, 0.2) is 0 Å². The molecule has 1 aromatic rings. The van der Waals surface area contributed by atoms with Crippen molar-refractivity contribution in [3.8, 4) is 5.75 Å². The van der Waals surface area contributed by atoms with Gasteiger partial charge in [-0.2, -0.15) is 0 Å². The van der Waals surface area contributed by atoms with Crippen LogP contribution in [-0.2, 0) is 0 Å². The molecule has 0 amide bonds. The van der Waals surface area contributed by atoms with Crippen LogP contribution < -0.4 is 22.0 Å². The highest BCUT2D eigenvalue weighted by Gasteiger charge is 2.05. The van der Waals surface area contributed by atoms with E-state index in [9.17, 15) is 0 Å². The predicted octanol–water partition coefficient (Wildman–Crippen LogP) is -1.28. The zero-order chi connectivity index (χ0) is 11.8. The van der Waals surface area contributed by atoms with Crippen molar-refractivity contribution in [3.63, 3.8) is 0 Å². The van der Waals surface area contributed by atoms with E-state index in [-0.39, 0.29) is 12.4 Å². The fourth-order valence-corrected chi connectivity index (χ4v) is 2.73. The van der Waals surface area contributed by atoms with Gasteiger partial charge in [-0.05, 0) is 26.0 Å². The molecule has 0 aliphatic heterocycles. The van der Waals surface area contributed by atoms with Gasteiger partial charge in [0, 0.05) is 10.6 Å². The average molecular weight is 276 g/mol. The van der Waals surface area contributed by atoms with E-state index in [1.807, 2.05) is 23.9 Å². The van der Waals surface area contributed by atoms with Gasteiger partial charge >= 0.3 is 0 Å². The van der Waals surface area contributed by atoms with Gasteiger partial charge in [-0.3, -0.25) is 0 Å². The van der Waals surface area contributed by atoms with E-state index < -0.39 is 0 Å². The highest BCUT2D eigenvalue weighted by atomic mass is 35.5. The molecule has 4 heteroatoms. The van der Waals surface area contributed by atoms with Gasteiger partial charge in [0.05, 0.1) is 26.7 Å². The predicted molar refractivity (Wildman–Crippen MR) is 70.6 cm³/mol. The Labute approximate surface area is 115 Å². The van der Waals surface area contributed by atoms with Crippen LogP contribution >= 0.6 is 11.8 Å². The van der Waals surface area contributed by atoms with E-state index in [4.69, 9.17) is 4.74 Å². The third kappa shape index (κ3) is 5.66. The van der Waals surface area contributed by atoms with E-state index in [1.165, 1.54) is 24.5 Å². The van der Waals surface area contributed by atoms with Crippen molar-refractivity contribution in [1.29, 1.82) is 0 Å². The maximum absolute atomic E-state index is 5.33. The molecule has 0 saturated heterocycles. The number of para-hydroxylation sites is 1. The van der Waals surface area contributed by atoms with Crippen LogP contribution in [0.5, 0.6) is 5.75 Å². The van der Waals surface area contributed by atoms with Crippen LogP contribution in [0.2, 0.25) is 0 Å². The van der Waals surface area contributed by atoms with Crippen molar-refractivity contribution in [1.82, 2.24) is 0 Å². The Balaban J connectivity index is 0.00000256. The second kappa shape index (κ2) is 9.63. The standard InChI is InChI=1S/C13H21NOS.ClH/c1-4-14(5-2)10-11-16-13-9-7-6-8-12(13)15-3;/h6-9H,4-5,10-11H2,1-3H3;1H. The van der Waals surface area contributed by atoms with Gasteiger partial charge in [0.25, 0.3) is 0 Å². The third-order valence-electron chi connectivity index (χ3n) is 2.78. The molecule has 1 rings (SSSR count). The largest absolute Gasteiger partial charge is 1.00 e. The van der Waals surface area contributed by atoms with Crippen LogP contribution in [0.4, 0.5) is 0 Å². The van der Waals surface area contributed by atoms with Gasteiger partial charge < -0.3 is 22.0 Å². The number of ether oxygens (including phenoxy) is 1. The van der Waals surface area contributed by atoms with E-state index in [0.29, 0.717) is 0 Å². The summed E-state index contributed by atoms with van der Waals surface area (Å²) in [5, 5.41) is 0. The molecule has 0 spiro atoms. The summed E-state index contributed by atoms with van der Waals surface area (Å²) in [6.07, 6.45) is 0. The van der Waals surface area contributed by atoms with Gasteiger partial charge in [-0.15, -0.1) is 11.8 Å². The summed E-state index contributed by atoms with van der Waals surface area (Å²) in [5.41, 5.74) is 0. The zero-order valence-electron chi connectivity index (χ0n) is 10.8. The summed E-state index contributed by atoms with van der Waals surface area (Å²) in [5.74, 6) is 2.14. The molecule has 0 fully saturated rings. The highest BCUT2D eigenvalue weighted by Crippen LogP contribution is 2.27. The number of rotatable bonds is 7. The van der Waals surface area contributed by atoms with E-state index in [1.54, 1.807) is 12.0 Å². The summed E-state index contributed by atoms with van der Waals surface area (Å²) in [4.78, 5) is 2.90. The minimum absolute atomic E-state index is 0. The smallest absolute Gasteiger partial charge is 0.132 e. The first-order chi connectivity index (χ1) is 7.81. The molecular formula is C13H22ClNOS. The SMILES string of the molecule is CC[NH+](CC)CCSc1ccccc1OC.[Cl-]. The first-order valence-electron chi connectivity index (χ1n) is 5.91. The Kier molecular flexibility index (Phi) is 9.41. The van der Waals surface area contributed by atoms with Crippen LogP contribution in [0.3, 0.4) is 0 Å². The topological polar surface area (TPSA) is 13.7 Å². The number of hydrogen-bond acceptors (Lipinski definition) is 2. The quantitative estimate of drug-likeness (QED) is 0.623. The lowest BCUT2D eigenvalue weighted by Gasteiger charge is -2.15. The number of benzene rings is 1. The van der Waals surface area contributed by atoms with Gasteiger partial charge in [-0.25, -0.2) is 0 Å². The van der Waals surface area contributed by atoms with Crippen molar-refractivity contribution >= 4 is 11.8 Å². The lowest BCUT2D eigenvalue weighted by atomic mass is 10.3. The molecule has 0 saturated carbocycles. The Bertz CT molecular complexity index is 305. The maximum Gasteiger partial charge on any atom is 0.132 e. The van der Waals surface area contributed by atoms with E-state index >= 15 is 0 Å². The summed E-state index contributed by atoms with van der Waals surface area (Å²) in [6.45, 7) is 8.13. The molecule has 0 aliphatic rings. The molecule has 2 nitrogen and oxygen atoms in total. The Morgan fingerprint density at radius 1 is 1.18 bits per heavy atom.